The maximum Gasteiger partial charge on any atom is 0.528 e. The van der Waals surface area contributed by atoms with Crippen LogP contribution < -0.4 is 5.32 Å². The van der Waals surface area contributed by atoms with Crippen LogP contribution in [0.2, 0.25) is 0 Å². The lowest BCUT2D eigenvalue weighted by atomic mass is 9.76. The number of aromatic nitrogens is 1. The predicted octanol–water partition coefficient (Wildman–Crippen LogP) is 2.77. The van der Waals surface area contributed by atoms with Crippen LogP contribution in [-0.4, -0.2) is 63.7 Å². The molecule has 1 aliphatic heterocycles. The van der Waals surface area contributed by atoms with Gasteiger partial charge in [0, 0.05) is 24.9 Å². The summed E-state index contributed by atoms with van der Waals surface area (Å²) in [5, 5.41) is 23.4. The van der Waals surface area contributed by atoms with Crippen molar-refractivity contribution in [3.05, 3.63) is 23.4 Å². The topological polar surface area (TPSA) is 121 Å². The fourth-order valence-electron chi connectivity index (χ4n) is 4.18. The van der Waals surface area contributed by atoms with Gasteiger partial charge < -0.3 is 25.1 Å². The van der Waals surface area contributed by atoms with Crippen LogP contribution in [0.25, 0.3) is 0 Å². The molecule has 9 nitrogen and oxygen atoms in total. The largest absolute Gasteiger partial charge is 0.528 e. The number of aliphatic carboxylic acids is 1. The summed E-state index contributed by atoms with van der Waals surface area (Å²) in [7, 11) is 0. The van der Waals surface area contributed by atoms with Crippen molar-refractivity contribution in [3.63, 3.8) is 0 Å². The molecule has 2 heterocycles. The Morgan fingerprint density at radius 2 is 2.10 bits per heavy atom. The van der Waals surface area contributed by atoms with Gasteiger partial charge in [0.15, 0.2) is 0 Å². The number of aryl methyl sites for hydroxylation is 2. The number of anilines is 1. The van der Waals surface area contributed by atoms with E-state index in [1.54, 1.807) is 13.8 Å². The lowest BCUT2D eigenvalue weighted by Crippen LogP contribution is -2.53. The van der Waals surface area contributed by atoms with Gasteiger partial charge >= 0.3 is 12.1 Å². The van der Waals surface area contributed by atoms with Crippen LogP contribution in [0.4, 0.5) is 10.6 Å². The summed E-state index contributed by atoms with van der Waals surface area (Å²) in [5.41, 5.74) is 2.32. The van der Waals surface area contributed by atoms with Crippen molar-refractivity contribution in [3.8, 4) is 0 Å². The fourth-order valence-corrected chi connectivity index (χ4v) is 4.18. The Morgan fingerprint density at radius 3 is 2.77 bits per heavy atom. The summed E-state index contributed by atoms with van der Waals surface area (Å²) in [6.07, 6.45) is 4.09. The number of carbonyl (C=O) groups excluding carboxylic acids is 1. The number of ether oxygens (including phenoxy) is 1. The van der Waals surface area contributed by atoms with E-state index in [1.807, 2.05) is 0 Å². The van der Waals surface area contributed by atoms with Crippen LogP contribution in [-0.2, 0) is 27.2 Å². The molecule has 1 aromatic heterocycles. The van der Waals surface area contributed by atoms with Crippen LogP contribution in [0.15, 0.2) is 12.1 Å². The zero-order valence-electron chi connectivity index (χ0n) is 18.2. The van der Waals surface area contributed by atoms with Crippen LogP contribution in [0.3, 0.4) is 0 Å². The zero-order chi connectivity index (χ0) is 22.4. The summed E-state index contributed by atoms with van der Waals surface area (Å²) < 4.78 is 5.01. The highest BCUT2D eigenvalue weighted by Gasteiger charge is 2.42. The molecule has 172 valence electrons. The Balaban J connectivity index is 1.55. The molecule has 1 fully saturated rings. The molecule has 1 aliphatic carbocycles. The minimum absolute atomic E-state index is 0.0303. The lowest BCUT2D eigenvalue weighted by molar-refractivity contribution is -0.215. The number of carboxylic acid groups (broad SMARTS) is 1. The lowest BCUT2D eigenvalue weighted by Gasteiger charge is -2.43. The van der Waals surface area contributed by atoms with E-state index in [2.05, 4.69) is 17.4 Å². The molecule has 0 spiro atoms. The molecule has 9 heteroatoms. The van der Waals surface area contributed by atoms with Crippen molar-refractivity contribution in [1.82, 2.24) is 10.0 Å². The van der Waals surface area contributed by atoms with Crippen molar-refractivity contribution < 1.29 is 29.4 Å². The molecule has 2 aliphatic rings. The standard InChI is InChI=1S/C22H33N3O6/c1-14(2)30-22(29)31-25(19(9-11-26)21(27)28)18-12-15(13-18)5-7-17-8-6-16-4-3-10-23-20(16)24-17/h6,8,14-15,18-19,26H,3-5,7,9-13H2,1-2H3,(H,23,24)(H,27,28)/t15?,18?,19-/m0/s1. The van der Waals surface area contributed by atoms with Gasteiger partial charge in [0.25, 0.3) is 0 Å². The smallest absolute Gasteiger partial charge is 0.480 e. The molecule has 3 N–H and O–H groups in total. The minimum atomic E-state index is -1.14. The fraction of sp³-hybridized carbons (Fsp3) is 0.682. The Bertz CT molecular complexity index is 766. The molecule has 0 bridgehead atoms. The number of hydroxylamine groups is 2. The number of carboxylic acids is 1. The number of hydrogen-bond donors (Lipinski definition) is 3. The predicted molar refractivity (Wildman–Crippen MR) is 114 cm³/mol. The Labute approximate surface area is 182 Å². The van der Waals surface area contributed by atoms with Gasteiger partial charge in [-0.3, -0.25) is 4.79 Å². The second-order valence-electron chi connectivity index (χ2n) is 8.60. The summed E-state index contributed by atoms with van der Waals surface area (Å²) in [4.78, 5) is 33.7. The monoisotopic (exact) mass is 435 g/mol. The molecule has 0 amide bonds. The molecule has 1 aromatic rings. The molecule has 0 aromatic carbocycles. The number of aliphatic hydroxyl groups excluding tert-OH is 1. The Kier molecular flexibility index (Phi) is 8.09. The average Bonchev–Trinajstić information content (AvgIpc) is 2.69. The first kappa shape index (κ1) is 23.3. The van der Waals surface area contributed by atoms with Gasteiger partial charge in [-0.1, -0.05) is 6.07 Å². The third kappa shape index (κ3) is 6.30. The van der Waals surface area contributed by atoms with Gasteiger partial charge in [-0.15, -0.1) is 5.06 Å². The third-order valence-electron chi connectivity index (χ3n) is 5.84. The molecular formula is C22H33N3O6. The minimum Gasteiger partial charge on any atom is -0.480 e. The molecule has 0 saturated heterocycles. The number of carbonyl (C=O) groups is 2. The molecule has 1 atom stereocenters. The van der Waals surface area contributed by atoms with Crippen LogP contribution in [0.1, 0.15) is 57.2 Å². The van der Waals surface area contributed by atoms with E-state index < -0.39 is 18.2 Å². The first-order valence-corrected chi connectivity index (χ1v) is 11.1. The van der Waals surface area contributed by atoms with Gasteiger partial charge in [0.2, 0.25) is 0 Å². The number of aliphatic hydroxyl groups is 1. The Hall–Kier alpha value is -2.39. The van der Waals surface area contributed by atoms with Gasteiger partial charge in [-0.05, 0) is 76.3 Å². The molecule has 0 unspecified atom stereocenters. The maximum absolute atomic E-state index is 12.0. The molecule has 1 saturated carbocycles. The highest BCUT2D eigenvalue weighted by Crippen LogP contribution is 2.37. The SMILES string of the molecule is CC(C)OC(=O)ON(C1CC(CCc2ccc3c(n2)NCCC3)C1)[C@@H](CCO)C(=O)O. The number of nitrogens with zero attached hydrogens (tertiary/aromatic N) is 2. The van der Waals surface area contributed by atoms with Crippen LogP contribution in [0, 0.1) is 5.92 Å². The van der Waals surface area contributed by atoms with Crippen LogP contribution >= 0.6 is 0 Å². The van der Waals surface area contributed by atoms with Crippen molar-refractivity contribution in [2.45, 2.75) is 77.0 Å². The third-order valence-corrected chi connectivity index (χ3v) is 5.84. The molecular weight excluding hydrogens is 402 g/mol. The van der Waals surface area contributed by atoms with E-state index in [9.17, 15) is 19.8 Å². The number of hydrogen-bond acceptors (Lipinski definition) is 8. The number of fused-ring (bicyclic) bond motifs is 1. The molecule has 3 rings (SSSR count). The summed E-state index contributed by atoms with van der Waals surface area (Å²) in [5.74, 6) is 0.249. The second kappa shape index (κ2) is 10.8. The van der Waals surface area contributed by atoms with E-state index in [1.165, 1.54) is 10.6 Å². The number of pyridine rings is 1. The highest BCUT2D eigenvalue weighted by molar-refractivity contribution is 5.73. The van der Waals surface area contributed by atoms with E-state index in [0.29, 0.717) is 18.8 Å². The Morgan fingerprint density at radius 1 is 1.32 bits per heavy atom. The van der Waals surface area contributed by atoms with E-state index >= 15 is 0 Å². The normalized spacial score (nSPS) is 21.1. The van der Waals surface area contributed by atoms with Crippen molar-refractivity contribution in [2.75, 3.05) is 18.5 Å². The second-order valence-corrected chi connectivity index (χ2v) is 8.60. The van der Waals surface area contributed by atoms with E-state index in [0.717, 1.165) is 43.7 Å². The van der Waals surface area contributed by atoms with Gasteiger partial charge in [-0.25, -0.2) is 9.78 Å². The van der Waals surface area contributed by atoms with Crippen molar-refractivity contribution >= 4 is 17.9 Å². The molecule has 31 heavy (non-hydrogen) atoms. The quantitative estimate of drug-likeness (QED) is 0.376. The van der Waals surface area contributed by atoms with Crippen LogP contribution in [0.5, 0.6) is 0 Å². The number of nitrogens with one attached hydrogen (secondary N) is 1. The van der Waals surface area contributed by atoms with Crippen molar-refractivity contribution in [2.24, 2.45) is 5.92 Å². The van der Waals surface area contributed by atoms with Crippen molar-refractivity contribution in [1.29, 1.82) is 0 Å². The summed E-state index contributed by atoms with van der Waals surface area (Å²) >= 11 is 0. The van der Waals surface area contributed by atoms with E-state index in [-0.39, 0.29) is 25.2 Å². The van der Waals surface area contributed by atoms with Gasteiger partial charge in [0.1, 0.15) is 11.9 Å². The zero-order valence-corrected chi connectivity index (χ0v) is 18.2. The van der Waals surface area contributed by atoms with Gasteiger partial charge in [-0.2, -0.15) is 0 Å². The van der Waals surface area contributed by atoms with Gasteiger partial charge in [0.05, 0.1) is 6.10 Å². The average molecular weight is 436 g/mol. The summed E-state index contributed by atoms with van der Waals surface area (Å²) in [6, 6.07) is 2.91. The summed E-state index contributed by atoms with van der Waals surface area (Å²) in [6.45, 7) is 4.03. The van der Waals surface area contributed by atoms with E-state index in [4.69, 9.17) is 14.6 Å². The number of rotatable bonds is 10. The first-order chi connectivity index (χ1) is 14.9. The maximum atomic E-state index is 12.0. The highest BCUT2D eigenvalue weighted by atomic mass is 16.8. The first-order valence-electron chi connectivity index (χ1n) is 11.1. The molecule has 0 radical (unpaired) electrons.